The zero-order chi connectivity index (χ0) is 14.5. The van der Waals surface area contributed by atoms with E-state index in [-0.39, 0.29) is 11.7 Å². The lowest BCUT2D eigenvalue weighted by molar-refractivity contribution is 0.102. The first-order valence-electron chi connectivity index (χ1n) is 5.75. The highest BCUT2D eigenvalue weighted by Crippen LogP contribution is 2.16. The van der Waals surface area contributed by atoms with Crippen molar-refractivity contribution in [2.45, 2.75) is 0 Å². The van der Waals surface area contributed by atoms with Crippen LogP contribution in [0.3, 0.4) is 0 Å². The van der Waals surface area contributed by atoms with Gasteiger partial charge in [-0.25, -0.2) is 0 Å². The number of hydrogen-bond acceptors (Lipinski definition) is 3. The molecule has 0 atom stereocenters. The molecule has 0 unspecified atom stereocenters. The molecule has 0 heterocycles. The summed E-state index contributed by atoms with van der Waals surface area (Å²) in [5.74, 6) is -0.273. The summed E-state index contributed by atoms with van der Waals surface area (Å²) in [7, 11) is 0. The van der Waals surface area contributed by atoms with E-state index in [9.17, 15) is 4.79 Å². The lowest BCUT2D eigenvalue weighted by atomic mass is 10.1. The lowest BCUT2D eigenvalue weighted by Crippen LogP contribution is -2.15. The Hall–Kier alpha value is -2.53. The summed E-state index contributed by atoms with van der Waals surface area (Å²) in [6.45, 7) is 0. The Bertz CT molecular complexity index is 654. The highest BCUT2D eigenvalue weighted by Gasteiger charge is 2.07. The van der Waals surface area contributed by atoms with Crippen LogP contribution in [0.4, 0.5) is 5.69 Å². The average molecular weight is 290 g/mol. The van der Waals surface area contributed by atoms with Crippen LogP contribution >= 0.6 is 11.6 Å². The fourth-order valence-corrected chi connectivity index (χ4v) is 1.81. The zero-order valence-corrected chi connectivity index (χ0v) is 11.1. The number of halogens is 1. The summed E-state index contributed by atoms with van der Waals surface area (Å²) in [5, 5.41) is 14.7. The van der Waals surface area contributed by atoms with Gasteiger partial charge in [-0.05, 0) is 30.3 Å². The van der Waals surface area contributed by atoms with Crippen molar-refractivity contribution < 1.29 is 10.0 Å². The molecule has 4 N–H and O–H groups in total. The third kappa shape index (κ3) is 3.27. The molecule has 6 heteroatoms. The molecular weight excluding hydrogens is 278 g/mol. The third-order valence-corrected chi connectivity index (χ3v) is 2.87. The Morgan fingerprint density at radius 1 is 1.15 bits per heavy atom. The maximum atomic E-state index is 12.0. The molecule has 1 amide bonds. The number of carbonyl (C=O) groups is 1. The van der Waals surface area contributed by atoms with E-state index in [1.807, 2.05) is 0 Å². The molecule has 0 saturated heterocycles. The van der Waals surface area contributed by atoms with Crippen molar-refractivity contribution in [1.82, 2.24) is 0 Å². The number of anilines is 1. The molecular formula is C14H12ClN3O2. The van der Waals surface area contributed by atoms with E-state index in [2.05, 4.69) is 10.5 Å². The maximum Gasteiger partial charge on any atom is 0.255 e. The number of benzene rings is 2. The Morgan fingerprint density at radius 3 is 2.40 bits per heavy atom. The number of carbonyl (C=O) groups excluding carboxylic acids is 1. The summed E-state index contributed by atoms with van der Waals surface area (Å²) >= 11 is 5.84. The predicted molar refractivity (Wildman–Crippen MR) is 78.4 cm³/mol. The van der Waals surface area contributed by atoms with E-state index < -0.39 is 0 Å². The van der Waals surface area contributed by atoms with Gasteiger partial charge in [-0.2, -0.15) is 0 Å². The van der Waals surface area contributed by atoms with Gasteiger partial charge in [0.25, 0.3) is 5.91 Å². The largest absolute Gasteiger partial charge is 0.409 e. The number of hydrogen-bond donors (Lipinski definition) is 3. The Morgan fingerprint density at radius 2 is 1.80 bits per heavy atom. The standard InChI is InChI=1S/C14H12ClN3O2/c15-11-2-1-3-12(8-11)17-14(19)10-6-4-9(5-7-10)13(16)18-20/h1-8,20H,(H2,16,18)(H,17,19). The van der Waals surface area contributed by atoms with Gasteiger partial charge in [-0.3, -0.25) is 4.79 Å². The second-order valence-corrected chi connectivity index (χ2v) is 4.46. The first-order chi connectivity index (χ1) is 9.60. The van der Waals surface area contributed by atoms with Crippen molar-refractivity contribution in [1.29, 1.82) is 0 Å². The van der Waals surface area contributed by atoms with Crippen LogP contribution < -0.4 is 11.1 Å². The van der Waals surface area contributed by atoms with E-state index in [0.29, 0.717) is 21.8 Å². The van der Waals surface area contributed by atoms with Crippen molar-refractivity contribution in [2.24, 2.45) is 10.9 Å². The summed E-state index contributed by atoms with van der Waals surface area (Å²) in [6, 6.07) is 13.3. The summed E-state index contributed by atoms with van der Waals surface area (Å²) in [4.78, 5) is 12.0. The normalized spacial score (nSPS) is 11.2. The summed E-state index contributed by atoms with van der Waals surface area (Å²) in [5.41, 5.74) is 7.05. The van der Waals surface area contributed by atoms with Crippen LogP contribution in [0.2, 0.25) is 5.02 Å². The molecule has 2 aromatic rings. The lowest BCUT2D eigenvalue weighted by Gasteiger charge is -2.06. The summed E-state index contributed by atoms with van der Waals surface area (Å²) in [6.07, 6.45) is 0. The molecule has 0 saturated carbocycles. The second-order valence-electron chi connectivity index (χ2n) is 4.03. The number of nitrogens with one attached hydrogen (secondary N) is 1. The van der Waals surface area contributed by atoms with Crippen LogP contribution in [0.5, 0.6) is 0 Å². The molecule has 0 fully saturated rings. The molecule has 102 valence electrons. The quantitative estimate of drug-likeness (QED) is 0.351. The van der Waals surface area contributed by atoms with Crippen molar-refractivity contribution >= 4 is 29.0 Å². The highest BCUT2D eigenvalue weighted by molar-refractivity contribution is 6.31. The first-order valence-corrected chi connectivity index (χ1v) is 6.13. The molecule has 0 aliphatic heterocycles. The molecule has 2 rings (SSSR count). The Labute approximate surface area is 120 Å². The average Bonchev–Trinajstić information content (AvgIpc) is 2.46. The number of nitrogens with zero attached hydrogens (tertiary/aromatic N) is 1. The summed E-state index contributed by atoms with van der Waals surface area (Å²) < 4.78 is 0. The van der Waals surface area contributed by atoms with Gasteiger partial charge >= 0.3 is 0 Å². The van der Waals surface area contributed by atoms with Gasteiger partial charge in [0.15, 0.2) is 5.84 Å². The van der Waals surface area contributed by atoms with Gasteiger partial charge in [0.2, 0.25) is 0 Å². The number of nitrogens with two attached hydrogens (primary N) is 1. The monoisotopic (exact) mass is 289 g/mol. The third-order valence-electron chi connectivity index (χ3n) is 2.63. The van der Waals surface area contributed by atoms with E-state index in [4.69, 9.17) is 22.5 Å². The van der Waals surface area contributed by atoms with Gasteiger partial charge in [0.1, 0.15) is 0 Å². The second kappa shape index (κ2) is 6.08. The SMILES string of the molecule is N/C(=N\O)c1ccc(C(=O)Nc2cccc(Cl)c2)cc1. The van der Waals surface area contributed by atoms with Crippen LogP contribution in [-0.4, -0.2) is 17.0 Å². The van der Waals surface area contributed by atoms with Crippen molar-refractivity contribution in [3.8, 4) is 0 Å². The molecule has 5 nitrogen and oxygen atoms in total. The fraction of sp³-hybridized carbons (Fsp3) is 0. The highest BCUT2D eigenvalue weighted by atomic mass is 35.5. The Balaban J connectivity index is 2.14. The number of amides is 1. The topological polar surface area (TPSA) is 87.7 Å². The maximum absolute atomic E-state index is 12.0. The van der Waals surface area contributed by atoms with Gasteiger partial charge in [-0.1, -0.05) is 35.0 Å². The molecule has 0 spiro atoms. The first kappa shape index (κ1) is 13.9. The molecule has 0 aliphatic carbocycles. The van der Waals surface area contributed by atoms with E-state index in [1.54, 1.807) is 48.5 Å². The van der Waals surface area contributed by atoms with Crippen molar-refractivity contribution in [3.63, 3.8) is 0 Å². The number of amidine groups is 1. The van der Waals surface area contributed by atoms with Crippen LogP contribution in [0, 0.1) is 0 Å². The molecule has 0 aromatic heterocycles. The smallest absolute Gasteiger partial charge is 0.255 e. The fourth-order valence-electron chi connectivity index (χ4n) is 1.62. The van der Waals surface area contributed by atoms with Crippen LogP contribution in [0.25, 0.3) is 0 Å². The minimum atomic E-state index is -0.265. The van der Waals surface area contributed by atoms with Crippen molar-refractivity contribution in [2.75, 3.05) is 5.32 Å². The minimum Gasteiger partial charge on any atom is -0.409 e. The van der Waals surface area contributed by atoms with Gasteiger partial charge in [0, 0.05) is 21.8 Å². The van der Waals surface area contributed by atoms with Crippen LogP contribution in [0.15, 0.2) is 53.7 Å². The molecule has 0 bridgehead atoms. The van der Waals surface area contributed by atoms with E-state index in [0.717, 1.165) is 0 Å². The zero-order valence-electron chi connectivity index (χ0n) is 10.4. The van der Waals surface area contributed by atoms with Gasteiger partial charge in [-0.15, -0.1) is 0 Å². The molecule has 20 heavy (non-hydrogen) atoms. The van der Waals surface area contributed by atoms with E-state index >= 15 is 0 Å². The van der Waals surface area contributed by atoms with Gasteiger partial charge in [0.05, 0.1) is 0 Å². The number of oxime groups is 1. The van der Waals surface area contributed by atoms with Crippen LogP contribution in [-0.2, 0) is 0 Å². The Kier molecular flexibility index (Phi) is 4.22. The van der Waals surface area contributed by atoms with Crippen molar-refractivity contribution in [3.05, 3.63) is 64.7 Å². The van der Waals surface area contributed by atoms with Gasteiger partial charge < -0.3 is 16.3 Å². The van der Waals surface area contributed by atoms with Crippen LogP contribution in [0.1, 0.15) is 15.9 Å². The molecule has 0 aliphatic rings. The molecule has 2 aromatic carbocycles. The molecule has 0 radical (unpaired) electrons. The number of rotatable bonds is 3. The van der Waals surface area contributed by atoms with E-state index in [1.165, 1.54) is 0 Å². The minimum absolute atomic E-state index is 0.00759. The predicted octanol–water partition coefficient (Wildman–Crippen LogP) is 2.69.